The summed E-state index contributed by atoms with van der Waals surface area (Å²) in [4.78, 5) is 12.2. The van der Waals surface area contributed by atoms with Crippen molar-refractivity contribution in [3.05, 3.63) is 52.0 Å². The van der Waals surface area contributed by atoms with Gasteiger partial charge in [0.05, 0.1) is 13.2 Å². The Morgan fingerprint density at radius 2 is 2.14 bits per heavy atom. The molecule has 2 aromatic rings. The smallest absolute Gasteiger partial charge is 0.268 e. The molecule has 0 saturated heterocycles. The second-order valence-corrected chi connectivity index (χ2v) is 5.66. The van der Waals surface area contributed by atoms with E-state index in [4.69, 9.17) is 4.74 Å². The van der Waals surface area contributed by atoms with Gasteiger partial charge in [-0.1, -0.05) is 6.07 Å². The van der Waals surface area contributed by atoms with Crippen molar-refractivity contribution in [3.8, 4) is 5.75 Å². The SMILES string of the molecule is COc1ccc(C(C)NC(=O)c2cc(Br)cn2C)cc1F. The second kappa shape index (κ2) is 6.30. The van der Waals surface area contributed by atoms with Crippen LogP contribution in [0.25, 0.3) is 0 Å². The fraction of sp³-hybridized carbons (Fsp3) is 0.267. The lowest BCUT2D eigenvalue weighted by Gasteiger charge is -2.15. The molecule has 1 aromatic carbocycles. The van der Waals surface area contributed by atoms with Gasteiger partial charge in [-0.05, 0) is 46.6 Å². The first-order chi connectivity index (χ1) is 9.92. The largest absolute Gasteiger partial charge is 0.494 e. The Bertz CT molecular complexity index is 670. The summed E-state index contributed by atoms with van der Waals surface area (Å²) in [6.45, 7) is 1.80. The number of methoxy groups -OCH3 is 1. The molecule has 0 bridgehead atoms. The van der Waals surface area contributed by atoms with E-state index in [9.17, 15) is 9.18 Å². The molecule has 0 aliphatic carbocycles. The molecule has 4 nitrogen and oxygen atoms in total. The molecule has 0 spiro atoms. The lowest BCUT2D eigenvalue weighted by molar-refractivity contribution is 0.0931. The minimum absolute atomic E-state index is 0.184. The predicted molar refractivity (Wildman–Crippen MR) is 81.9 cm³/mol. The number of carbonyl (C=O) groups is 1. The average Bonchev–Trinajstić information content (AvgIpc) is 2.77. The van der Waals surface area contributed by atoms with Crippen LogP contribution in [0.4, 0.5) is 4.39 Å². The summed E-state index contributed by atoms with van der Waals surface area (Å²) in [6, 6.07) is 6.06. The highest BCUT2D eigenvalue weighted by molar-refractivity contribution is 9.10. The van der Waals surface area contributed by atoms with Gasteiger partial charge in [-0.15, -0.1) is 0 Å². The number of aromatic nitrogens is 1. The normalized spacial score (nSPS) is 12.0. The van der Waals surface area contributed by atoms with Crippen molar-refractivity contribution in [2.75, 3.05) is 7.11 Å². The highest BCUT2D eigenvalue weighted by Crippen LogP contribution is 2.22. The maximum absolute atomic E-state index is 13.7. The minimum atomic E-state index is -0.447. The molecule has 1 amide bonds. The molecule has 1 N–H and O–H groups in total. The van der Waals surface area contributed by atoms with E-state index < -0.39 is 5.82 Å². The summed E-state index contributed by atoms with van der Waals surface area (Å²) >= 11 is 3.32. The van der Waals surface area contributed by atoms with Crippen LogP contribution in [0.1, 0.15) is 29.0 Å². The van der Waals surface area contributed by atoms with Gasteiger partial charge in [0.15, 0.2) is 11.6 Å². The number of hydrogen-bond donors (Lipinski definition) is 1. The molecule has 0 fully saturated rings. The van der Waals surface area contributed by atoms with Gasteiger partial charge >= 0.3 is 0 Å². The maximum Gasteiger partial charge on any atom is 0.268 e. The number of amides is 1. The fourth-order valence-electron chi connectivity index (χ4n) is 2.06. The van der Waals surface area contributed by atoms with Crippen molar-refractivity contribution in [1.29, 1.82) is 0 Å². The number of nitrogens with zero attached hydrogens (tertiary/aromatic N) is 1. The monoisotopic (exact) mass is 354 g/mol. The predicted octanol–water partition coefficient (Wildman–Crippen LogP) is 3.43. The van der Waals surface area contributed by atoms with Crippen LogP contribution < -0.4 is 10.1 Å². The highest BCUT2D eigenvalue weighted by Gasteiger charge is 2.16. The van der Waals surface area contributed by atoms with E-state index in [1.54, 1.807) is 42.9 Å². The lowest BCUT2D eigenvalue weighted by atomic mass is 10.1. The molecule has 1 unspecified atom stereocenters. The third-order valence-electron chi connectivity index (χ3n) is 3.23. The maximum atomic E-state index is 13.7. The lowest BCUT2D eigenvalue weighted by Crippen LogP contribution is -2.28. The van der Waals surface area contributed by atoms with E-state index in [2.05, 4.69) is 21.2 Å². The fourth-order valence-corrected chi connectivity index (χ4v) is 2.58. The topological polar surface area (TPSA) is 43.3 Å². The number of nitrogens with one attached hydrogen (secondary N) is 1. The van der Waals surface area contributed by atoms with Crippen LogP contribution >= 0.6 is 15.9 Å². The van der Waals surface area contributed by atoms with Crippen LogP contribution in [0.3, 0.4) is 0 Å². The number of halogens is 2. The molecule has 6 heteroatoms. The molecule has 112 valence electrons. The Morgan fingerprint density at radius 1 is 1.43 bits per heavy atom. The van der Waals surface area contributed by atoms with E-state index in [1.165, 1.54) is 13.2 Å². The van der Waals surface area contributed by atoms with Crippen LogP contribution in [-0.4, -0.2) is 17.6 Å². The molecule has 0 aliphatic rings. The Balaban J connectivity index is 2.14. The molecule has 21 heavy (non-hydrogen) atoms. The van der Waals surface area contributed by atoms with Crippen LogP contribution in [0.5, 0.6) is 5.75 Å². The van der Waals surface area contributed by atoms with Crippen molar-refractivity contribution < 1.29 is 13.9 Å². The van der Waals surface area contributed by atoms with E-state index in [-0.39, 0.29) is 17.7 Å². The van der Waals surface area contributed by atoms with Crippen molar-refractivity contribution >= 4 is 21.8 Å². The van der Waals surface area contributed by atoms with Crippen LogP contribution in [0, 0.1) is 5.82 Å². The van der Waals surface area contributed by atoms with Crippen LogP contribution in [-0.2, 0) is 7.05 Å². The molecular formula is C15H16BrFN2O2. The second-order valence-electron chi connectivity index (χ2n) is 4.74. The standard InChI is InChI=1S/C15H16BrFN2O2/c1-9(10-4-5-14(21-3)12(17)6-10)18-15(20)13-7-11(16)8-19(13)2/h4-9H,1-3H3,(H,18,20). The third-order valence-corrected chi connectivity index (χ3v) is 3.66. The summed E-state index contributed by atoms with van der Waals surface area (Å²) in [5.41, 5.74) is 1.21. The number of carbonyl (C=O) groups excluding carboxylic acids is 1. The molecule has 1 heterocycles. The van der Waals surface area contributed by atoms with E-state index in [0.29, 0.717) is 11.3 Å². The van der Waals surface area contributed by atoms with E-state index in [1.807, 2.05) is 0 Å². The first-order valence-corrected chi connectivity index (χ1v) is 7.18. The van der Waals surface area contributed by atoms with Crippen molar-refractivity contribution in [2.24, 2.45) is 7.05 Å². The Labute approximate surface area is 131 Å². The zero-order valence-electron chi connectivity index (χ0n) is 12.0. The first kappa shape index (κ1) is 15.6. The Morgan fingerprint density at radius 3 is 2.67 bits per heavy atom. The minimum Gasteiger partial charge on any atom is -0.494 e. The number of benzene rings is 1. The van der Waals surface area contributed by atoms with Gasteiger partial charge in [0.1, 0.15) is 5.69 Å². The molecule has 0 aliphatic heterocycles. The summed E-state index contributed by atoms with van der Waals surface area (Å²) in [6.07, 6.45) is 1.80. The van der Waals surface area contributed by atoms with Gasteiger partial charge in [-0.3, -0.25) is 4.79 Å². The zero-order chi connectivity index (χ0) is 15.6. The average molecular weight is 355 g/mol. The number of rotatable bonds is 4. The van der Waals surface area contributed by atoms with Gasteiger partial charge in [0.25, 0.3) is 5.91 Å². The van der Waals surface area contributed by atoms with Gasteiger partial charge in [0, 0.05) is 17.7 Å². The quantitative estimate of drug-likeness (QED) is 0.913. The molecule has 0 saturated carbocycles. The molecule has 2 rings (SSSR count). The summed E-state index contributed by atoms with van der Waals surface area (Å²) < 4.78 is 21.1. The van der Waals surface area contributed by atoms with Gasteiger partial charge in [0.2, 0.25) is 0 Å². The van der Waals surface area contributed by atoms with E-state index in [0.717, 1.165) is 4.47 Å². The number of ether oxygens (including phenoxy) is 1. The first-order valence-electron chi connectivity index (χ1n) is 6.38. The Kier molecular flexibility index (Phi) is 4.67. The van der Waals surface area contributed by atoms with Crippen LogP contribution in [0.2, 0.25) is 0 Å². The third kappa shape index (κ3) is 3.44. The molecular weight excluding hydrogens is 339 g/mol. The van der Waals surface area contributed by atoms with Crippen molar-refractivity contribution in [1.82, 2.24) is 9.88 Å². The van der Waals surface area contributed by atoms with Crippen molar-refractivity contribution in [3.63, 3.8) is 0 Å². The summed E-state index contributed by atoms with van der Waals surface area (Å²) in [5, 5.41) is 2.84. The van der Waals surface area contributed by atoms with Crippen molar-refractivity contribution in [2.45, 2.75) is 13.0 Å². The van der Waals surface area contributed by atoms with Crippen LogP contribution in [0.15, 0.2) is 34.9 Å². The van der Waals surface area contributed by atoms with Gasteiger partial charge in [-0.25, -0.2) is 4.39 Å². The molecule has 0 radical (unpaired) electrons. The Hall–Kier alpha value is -1.82. The van der Waals surface area contributed by atoms with Gasteiger partial charge < -0.3 is 14.6 Å². The summed E-state index contributed by atoms with van der Waals surface area (Å²) in [7, 11) is 3.20. The number of aryl methyl sites for hydroxylation is 1. The molecule has 1 aromatic heterocycles. The zero-order valence-corrected chi connectivity index (χ0v) is 13.6. The summed E-state index contributed by atoms with van der Waals surface area (Å²) in [5.74, 6) is -0.478. The van der Waals surface area contributed by atoms with Gasteiger partial charge in [-0.2, -0.15) is 0 Å². The van der Waals surface area contributed by atoms with E-state index >= 15 is 0 Å². The highest BCUT2D eigenvalue weighted by atomic mass is 79.9. The number of hydrogen-bond acceptors (Lipinski definition) is 2. The molecule has 1 atom stereocenters.